The van der Waals surface area contributed by atoms with E-state index in [1.165, 1.54) is 25.7 Å². The van der Waals surface area contributed by atoms with Gasteiger partial charge in [0, 0.05) is 6.54 Å². The summed E-state index contributed by atoms with van der Waals surface area (Å²) in [5, 5.41) is 3.53. The summed E-state index contributed by atoms with van der Waals surface area (Å²) in [5.74, 6) is 0.842. The number of ether oxygens (including phenoxy) is 1. The summed E-state index contributed by atoms with van der Waals surface area (Å²) in [6.07, 6.45) is 15.1. The zero-order valence-electron chi connectivity index (χ0n) is 9.32. The van der Waals surface area contributed by atoms with Crippen LogP contribution >= 0.6 is 0 Å². The molecule has 1 heterocycles. The molecule has 2 unspecified atom stereocenters. The first-order valence-corrected chi connectivity index (χ1v) is 6.11. The van der Waals surface area contributed by atoms with Crippen molar-refractivity contribution in [3.8, 4) is 0 Å². The highest BCUT2D eigenvalue weighted by molar-refractivity contribution is 4.90. The third kappa shape index (κ3) is 3.71. The Bertz CT molecular complexity index is 211. The normalized spacial score (nSPS) is 30.1. The average Bonchev–Trinajstić information content (AvgIpc) is 2.32. The molecular weight excluding hydrogens is 186 g/mol. The maximum Gasteiger partial charge on any atom is 0.110 e. The SMILES string of the molecule is C1=CCC(CNCC2CCC=CO2)CC1. The van der Waals surface area contributed by atoms with Crippen LogP contribution in [0.15, 0.2) is 24.5 Å². The third-order valence-electron chi connectivity index (χ3n) is 3.21. The largest absolute Gasteiger partial charge is 0.497 e. The Balaban J connectivity index is 1.57. The Hall–Kier alpha value is -0.760. The zero-order chi connectivity index (χ0) is 10.3. The van der Waals surface area contributed by atoms with Crippen molar-refractivity contribution in [1.82, 2.24) is 5.32 Å². The van der Waals surface area contributed by atoms with E-state index in [9.17, 15) is 0 Å². The molecule has 2 heteroatoms. The fourth-order valence-electron chi connectivity index (χ4n) is 2.23. The molecule has 2 nitrogen and oxygen atoms in total. The lowest BCUT2D eigenvalue weighted by molar-refractivity contribution is 0.121. The summed E-state index contributed by atoms with van der Waals surface area (Å²) in [7, 11) is 0. The van der Waals surface area contributed by atoms with E-state index >= 15 is 0 Å². The van der Waals surface area contributed by atoms with Gasteiger partial charge in [-0.2, -0.15) is 0 Å². The van der Waals surface area contributed by atoms with Crippen LogP contribution in [0, 0.1) is 5.92 Å². The highest BCUT2D eigenvalue weighted by atomic mass is 16.5. The van der Waals surface area contributed by atoms with Crippen LogP contribution in [-0.2, 0) is 4.74 Å². The van der Waals surface area contributed by atoms with E-state index in [-0.39, 0.29) is 0 Å². The van der Waals surface area contributed by atoms with Gasteiger partial charge in [-0.25, -0.2) is 0 Å². The molecule has 0 bridgehead atoms. The van der Waals surface area contributed by atoms with Crippen LogP contribution in [0.4, 0.5) is 0 Å². The van der Waals surface area contributed by atoms with Gasteiger partial charge >= 0.3 is 0 Å². The van der Waals surface area contributed by atoms with Crippen molar-refractivity contribution >= 4 is 0 Å². The Kier molecular flexibility index (Phi) is 4.27. The molecule has 2 atom stereocenters. The number of nitrogens with one attached hydrogen (secondary N) is 1. The number of hydrogen-bond acceptors (Lipinski definition) is 2. The van der Waals surface area contributed by atoms with Gasteiger partial charge in [0.15, 0.2) is 0 Å². The molecule has 0 saturated heterocycles. The van der Waals surface area contributed by atoms with Crippen LogP contribution in [0.3, 0.4) is 0 Å². The van der Waals surface area contributed by atoms with Gasteiger partial charge in [0.2, 0.25) is 0 Å². The summed E-state index contributed by atoms with van der Waals surface area (Å²) in [4.78, 5) is 0. The molecule has 1 aliphatic carbocycles. The molecule has 0 amide bonds. The fraction of sp³-hybridized carbons (Fsp3) is 0.692. The minimum Gasteiger partial charge on any atom is -0.497 e. The predicted molar refractivity (Wildman–Crippen MR) is 62.6 cm³/mol. The third-order valence-corrected chi connectivity index (χ3v) is 3.21. The average molecular weight is 207 g/mol. The van der Waals surface area contributed by atoms with Crippen molar-refractivity contribution in [2.45, 2.75) is 38.2 Å². The molecule has 0 saturated carbocycles. The van der Waals surface area contributed by atoms with Gasteiger partial charge in [0.25, 0.3) is 0 Å². The Labute approximate surface area is 92.4 Å². The van der Waals surface area contributed by atoms with Gasteiger partial charge < -0.3 is 10.1 Å². The summed E-state index contributed by atoms with van der Waals surface area (Å²) in [6.45, 7) is 2.15. The summed E-state index contributed by atoms with van der Waals surface area (Å²) >= 11 is 0. The van der Waals surface area contributed by atoms with Crippen molar-refractivity contribution in [2.75, 3.05) is 13.1 Å². The molecule has 84 valence electrons. The highest BCUT2D eigenvalue weighted by Gasteiger charge is 2.13. The lowest BCUT2D eigenvalue weighted by Gasteiger charge is -2.22. The number of hydrogen-bond donors (Lipinski definition) is 1. The van der Waals surface area contributed by atoms with Crippen molar-refractivity contribution in [2.24, 2.45) is 5.92 Å². The monoisotopic (exact) mass is 207 g/mol. The molecule has 1 aliphatic heterocycles. The van der Waals surface area contributed by atoms with E-state index in [4.69, 9.17) is 4.74 Å². The van der Waals surface area contributed by atoms with E-state index in [1.54, 1.807) is 0 Å². The van der Waals surface area contributed by atoms with E-state index in [2.05, 4.69) is 23.5 Å². The van der Waals surface area contributed by atoms with Crippen LogP contribution in [0.25, 0.3) is 0 Å². The molecule has 2 rings (SSSR count). The maximum absolute atomic E-state index is 5.51. The smallest absolute Gasteiger partial charge is 0.110 e. The minimum atomic E-state index is 0.397. The van der Waals surface area contributed by atoms with E-state index in [0.29, 0.717) is 6.10 Å². The molecule has 0 spiro atoms. The Morgan fingerprint density at radius 1 is 1.07 bits per heavy atom. The van der Waals surface area contributed by atoms with E-state index in [0.717, 1.165) is 25.4 Å². The van der Waals surface area contributed by atoms with Crippen molar-refractivity contribution in [3.63, 3.8) is 0 Å². The van der Waals surface area contributed by atoms with Crippen LogP contribution in [0.5, 0.6) is 0 Å². The highest BCUT2D eigenvalue weighted by Crippen LogP contribution is 2.17. The van der Waals surface area contributed by atoms with Gasteiger partial charge in [-0.15, -0.1) is 0 Å². The van der Waals surface area contributed by atoms with Gasteiger partial charge in [-0.1, -0.05) is 12.2 Å². The van der Waals surface area contributed by atoms with Crippen LogP contribution < -0.4 is 5.32 Å². The van der Waals surface area contributed by atoms with Gasteiger partial charge in [0.05, 0.1) is 6.26 Å². The van der Waals surface area contributed by atoms with Crippen LogP contribution in [0.2, 0.25) is 0 Å². The van der Waals surface area contributed by atoms with Crippen molar-refractivity contribution in [1.29, 1.82) is 0 Å². The first-order valence-electron chi connectivity index (χ1n) is 6.11. The fourth-order valence-corrected chi connectivity index (χ4v) is 2.23. The Morgan fingerprint density at radius 3 is 2.73 bits per heavy atom. The van der Waals surface area contributed by atoms with Crippen LogP contribution in [0.1, 0.15) is 32.1 Å². The first-order chi connectivity index (χ1) is 7.45. The number of allylic oxidation sites excluding steroid dienone is 3. The molecule has 0 fully saturated rings. The van der Waals surface area contributed by atoms with Crippen molar-refractivity contribution < 1.29 is 4.74 Å². The quantitative estimate of drug-likeness (QED) is 0.715. The van der Waals surface area contributed by atoms with Gasteiger partial charge in [-0.05, 0) is 50.6 Å². The molecule has 0 aromatic rings. The summed E-state index contributed by atoms with van der Waals surface area (Å²) in [5.41, 5.74) is 0. The minimum absolute atomic E-state index is 0.397. The molecular formula is C13H21NO. The van der Waals surface area contributed by atoms with Gasteiger partial charge in [0.1, 0.15) is 6.10 Å². The second kappa shape index (κ2) is 5.96. The lowest BCUT2D eigenvalue weighted by Crippen LogP contribution is -2.32. The molecule has 1 N–H and O–H groups in total. The predicted octanol–water partition coefficient (Wildman–Crippen LogP) is 2.63. The summed E-state index contributed by atoms with van der Waals surface area (Å²) < 4.78 is 5.51. The zero-order valence-corrected chi connectivity index (χ0v) is 9.32. The van der Waals surface area contributed by atoms with Crippen molar-refractivity contribution in [3.05, 3.63) is 24.5 Å². The Morgan fingerprint density at radius 2 is 2.00 bits per heavy atom. The topological polar surface area (TPSA) is 21.3 Å². The molecule has 2 aliphatic rings. The molecule has 0 aromatic heterocycles. The summed E-state index contributed by atoms with van der Waals surface area (Å²) in [6, 6.07) is 0. The van der Waals surface area contributed by atoms with E-state index < -0.39 is 0 Å². The van der Waals surface area contributed by atoms with Gasteiger partial charge in [-0.3, -0.25) is 0 Å². The first kappa shape index (κ1) is 10.7. The maximum atomic E-state index is 5.51. The second-order valence-electron chi connectivity index (χ2n) is 4.52. The standard InChI is InChI=1S/C13H21NO/c1-2-6-12(7-3-1)10-14-11-13-8-4-5-9-15-13/h1-2,5,9,12-14H,3-4,6-8,10-11H2. The van der Waals surface area contributed by atoms with Crippen LogP contribution in [-0.4, -0.2) is 19.2 Å². The number of rotatable bonds is 4. The second-order valence-corrected chi connectivity index (χ2v) is 4.52. The molecule has 0 aromatic carbocycles. The lowest BCUT2D eigenvalue weighted by atomic mass is 9.94. The molecule has 15 heavy (non-hydrogen) atoms. The molecule has 0 radical (unpaired) electrons. The van der Waals surface area contributed by atoms with E-state index in [1.807, 2.05) is 6.26 Å².